The Balaban J connectivity index is 2.93. The minimum absolute atomic E-state index is 0.00740. The number of benzene rings is 1. The molecule has 1 N–H and O–H groups in total. The van der Waals surface area contributed by atoms with Crippen LogP contribution < -0.4 is 5.32 Å². The zero-order chi connectivity index (χ0) is 15.1. The number of rotatable bonds is 6. The monoisotopic (exact) mass is 276 g/mol. The van der Waals surface area contributed by atoms with Gasteiger partial charge in [0, 0.05) is 19.5 Å². The van der Waals surface area contributed by atoms with Gasteiger partial charge in [-0.05, 0) is 31.9 Å². The van der Waals surface area contributed by atoms with Gasteiger partial charge < -0.3 is 10.2 Å². The molecule has 0 bridgehead atoms. The minimum Gasteiger partial charge on any atom is -0.355 e. The van der Waals surface area contributed by atoms with E-state index in [2.05, 4.69) is 5.32 Å². The first-order chi connectivity index (χ1) is 9.51. The lowest BCUT2D eigenvalue weighted by Gasteiger charge is -2.28. The predicted octanol–water partition coefficient (Wildman–Crippen LogP) is 2.26. The highest BCUT2D eigenvalue weighted by Crippen LogP contribution is 2.14. The molecule has 4 nitrogen and oxygen atoms in total. The van der Waals surface area contributed by atoms with E-state index in [0.29, 0.717) is 19.5 Å². The van der Waals surface area contributed by atoms with Crippen LogP contribution in [-0.4, -0.2) is 29.3 Å². The van der Waals surface area contributed by atoms with E-state index in [1.54, 1.807) is 11.8 Å². The van der Waals surface area contributed by atoms with Gasteiger partial charge in [-0.1, -0.05) is 31.2 Å². The Morgan fingerprint density at radius 1 is 1.25 bits per heavy atom. The van der Waals surface area contributed by atoms with Gasteiger partial charge in [0.05, 0.1) is 0 Å². The van der Waals surface area contributed by atoms with E-state index in [-0.39, 0.29) is 11.8 Å². The average molecular weight is 276 g/mol. The van der Waals surface area contributed by atoms with Crippen LogP contribution in [0.1, 0.15) is 38.3 Å². The molecule has 2 amide bonds. The molecule has 0 fully saturated rings. The molecule has 0 aliphatic rings. The van der Waals surface area contributed by atoms with E-state index in [1.807, 2.05) is 45.0 Å². The number of nitrogens with one attached hydrogen (secondary N) is 1. The SMILES string of the molecule is CCNC(=O)[C@@H](C)N(Cc1ccccc1C)C(=O)CC. The number of aryl methyl sites for hydroxylation is 1. The maximum absolute atomic E-state index is 12.1. The van der Waals surface area contributed by atoms with Gasteiger partial charge in [-0.15, -0.1) is 0 Å². The van der Waals surface area contributed by atoms with Crippen molar-refractivity contribution >= 4 is 11.8 Å². The van der Waals surface area contributed by atoms with Crippen LogP contribution in [-0.2, 0) is 16.1 Å². The number of nitrogens with zero attached hydrogens (tertiary/aromatic N) is 1. The standard InChI is InChI=1S/C16H24N2O2/c1-5-15(19)18(13(4)16(20)17-6-2)11-14-10-8-7-9-12(14)3/h7-10,13H,5-6,11H2,1-4H3,(H,17,20)/t13-/m1/s1. The lowest BCUT2D eigenvalue weighted by atomic mass is 10.1. The van der Waals surface area contributed by atoms with Crippen molar-refractivity contribution in [1.29, 1.82) is 0 Å². The largest absolute Gasteiger partial charge is 0.355 e. The van der Waals surface area contributed by atoms with Crippen LogP contribution in [0.5, 0.6) is 0 Å². The van der Waals surface area contributed by atoms with Crippen LogP contribution in [0.15, 0.2) is 24.3 Å². The number of amides is 2. The van der Waals surface area contributed by atoms with Crippen molar-refractivity contribution < 1.29 is 9.59 Å². The second kappa shape index (κ2) is 7.68. The van der Waals surface area contributed by atoms with Gasteiger partial charge in [0.15, 0.2) is 0 Å². The van der Waals surface area contributed by atoms with Gasteiger partial charge in [0.1, 0.15) is 6.04 Å². The van der Waals surface area contributed by atoms with Crippen LogP contribution in [0.4, 0.5) is 0 Å². The lowest BCUT2D eigenvalue weighted by molar-refractivity contribution is -0.140. The first kappa shape index (κ1) is 16.2. The molecule has 0 aromatic heterocycles. The Morgan fingerprint density at radius 2 is 1.90 bits per heavy atom. The van der Waals surface area contributed by atoms with E-state index >= 15 is 0 Å². The molecule has 0 radical (unpaired) electrons. The summed E-state index contributed by atoms with van der Waals surface area (Å²) in [5.74, 6) is -0.116. The predicted molar refractivity (Wildman–Crippen MR) is 80.2 cm³/mol. The quantitative estimate of drug-likeness (QED) is 0.866. The van der Waals surface area contributed by atoms with Crippen molar-refractivity contribution in [3.8, 4) is 0 Å². The Labute approximate surface area is 121 Å². The molecule has 1 rings (SSSR count). The summed E-state index contributed by atoms with van der Waals surface area (Å²) in [7, 11) is 0. The van der Waals surface area contributed by atoms with Crippen LogP contribution in [0.2, 0.25) is 0 Å². The molecule has 0 spiro atoms. The molecule has 20 heavy (non-hydrogen) atoms. The number of hydrogen-bond donors (Lipinski definition) is 1. The summed E-state index contributed by atoms with van der Waals surface area (Å²) in [5, 5.41) is 2.77. The second-order valence-electron chi connectivity index (χ2n) is 4.87. The molecule has 0 saturated carbocycles. The number of carbonyl (C=O) groups excluding carboxylic acids is 2. The van der Waals surface area contributed by atoms with Crippen LogP contribution in [0, 0.1) is 6.92 Å². The number of carbonyl (C=O) groups is 2. The molecular formula is C16H24N2O2. The first-order valence-electron chi connectivity index (χ1n) is 7.12. The van der Waals surface area contributed by atoms with Gasteiger partial charge in [-0.25, -0.2) is 0 Å². The Morgan fingerprint density at radius 3 is 2.45 bits per heavy atom. The summed E-state index contributed by atoms with van der Waals surface area (Å²) in [5.41, 5.74) is 2.20. The maximum atomic E-state index is 12.1. The molecule has 110 valence electrons. The lowest BCUT2D eigenvalue weighted by Crippen LogP contribution is -2.47. The van der Waals surface area contributed by atoms with E-state index in [9.17, 15) is 9.59 Å². The molecule has 0 aliphatic carbocycles. The van der Waals surface area contributed by atoms with Gasteiger partial charge >= 0.3 is 0 Å². The Bertz CT molecular complexity index is 471. The fourth-order valence-corrected chi connectivity index (χ4v) is 2.08. The van der Waals surface area contributed by atoms with Crippen molar-refractivity contribution in [2.75, 3.05) is 6.54 Å². The van der Waals surface area contributed by atoms with E-state index in [4.69, 9.17) is 0 Å². The highest BCUT2D eigenvalue weighted by Gasteiger charge is 2.24. The summed E-state index contributed by atoms with van der Waals surface area (Å²) in [6, 6.07) is 7.48. The molecule has 4 heteroatoms. The van der Waals surface area contributed by atoms with Crippen LogP contribution in [0.25, 0.3) is 0 Å². The molecule has 0 heterocycles. The van der Waals surface area contributed by atoms with E-state index in [1.165, 1.54) is 0 Å². The Kier molecular flexibility index (Phi) is 6.22. The number of hydrogen-bond acceptors (Lipinski definition) is 2. The van der Waals surface area contributed by atoms with Crippen molar-refractivity contribution in [3.63, 3.8) is 0 Å². The summed E-state index contributed by atoms with van der Waals surface area (Å²) in [4.78, 5) is 25.7. The maximum Gasteiger partial charge on any atom is 0.242 e. The van der Waals surface area contributed by atoms with Crippen molar-refractivity contribution in [1.82, 2.24) is 10.2 Å². The third kappa shape index (κ3) is 4.08. The third-order valence-corrected chi connectivity index (χ3v) is 3.42. The van der Waals surface area contributed by atoms with E-state index < -0.39 is 6.04 Å². The van der Waals surface area contributed by atoms with Gasteiger partial charge in [0.2, 0.25) is 11.8 Å². The third-order valence-electron chi connectivity index (χ3n) is 3.42. The van der Waals surface area contributed by atoms with Gasteiger partial charge in [-0.2, -0.15) is 0 Å². The first-order valence-corrected chi connectivity index (χ1v) is 7.12. The van der Waals surface area contributed by atoms with Crippen molar-refractivity contribution in [3.05, 3.63) is 35.4 Å². The van der Waals surface area contributed by atoms with E-state index in [0.717, 1.165) is 11.1 Å². The summed E-state index contributed by atoms with van der Waals surface area (Å²) in [6.45, 7) is 8.52. The Hall–Kier alpha value is -1.84. The average Bonchev–Trinajstić information content (AvgIpc) is 2.45. The molecule has 1 atom stereocenters. The minimum atomic E-state index is -0.456. The van der Waals surface area contributed by atoms with Gasteiger partial charge in [0.25, 0.3) is 0 Å². The molecule has 1 aromatic carbocycles. The van der Waals surface area contributed by atoms with Crippen LogP contribution in [0.3, 0.4) is 0 Å². The van der Waals surface area contributed by atoms with Crippen molar-refractivity contribution in [2.45, 2.75) is 46.7 Å². The fraction of sp³-hybridized carbons (Fsp3) is 0.500. The second-order valence-corrected chi connectivity index (χ2v) is 4.87. The molecule has 0 unspecified atom stereocenters. The smallest absolute Gasteiger partial charge is 0.242 e. The molecule has 0 saturated heterocycles. The molecular weight excluding hydrogens is 252 g/mol. The van der Waals surface area contributed by atoms with Crippen molar-refractivity contribution in [2.24, 2.45) is 0 Å². The summed E-state index contributed by atoms with van der Waals surface area (Å²) in [6.07, 6.45) is 0.398. The van der Waals surface area contributed by atoms with Gasteiger partial charge in [-0.3, -0.25) is 9.59 Å². The highest BCUT2D eigenvalue weighted by atomic mass is 16.2. The fourth-order valence-electron chi connectivity index (χ4n) is 2.08. The van der Waals surface area contributed by atoms with Crippen LogP contribution >= 0.6 is 0 Å². The summed E-state index contributed by atoms with van der Waals surface area (Å²) >= 11 is 0. The zero-order valence-corrected chi connectivity index (χ0v) is 12.8. The molecule has 1 aromatic rings. The normalized spacial score (nSPS) is 11.8. The number of likely N-dealkylation sites (N-methyl/N-ethyl adjacent to an activating group) is 1. The topological polar surface area (TPSA) is 49.4 Å². The zero-order valence-electron chi connectivity index (χ0n) is 12.8. The highest BCUT2D eigenvalue weighted by molar-refractivity contribution is 5.87. The summed E-state index contributed by atoms with van der Waals surface area (Å²) < 4.78 is 0. The molecule has 0 aliphatic heterocycles.